The third kappa shape index (κ3) is 6.99. The van der Waals surface area contributed by atoms with Crippen LogP contribution in [0.15, 0.2) is 24.3 Å². The molecule has 2 aliphatic rings. The zero-order valence-corrected chi connectivity index (χ0v) is 19.5. The molecule has 1 aromatic rings. The molecule has 7 heteroatoms. The van der Waals surface area contributed by atoms with Gasteiger partial charge >= 0.3 is 0 Å². The quantitative estimate of drug-likeness (QED) is 0.505. The number of hydrogen-bond donors (Lipinski definition) is 1. The minimum Gasteiger partial charge on any atom is -0.492 e. The Morgan fingerprint density at radius 3 is 2.55 bits per heavy atom. The molecular formula is C24H34N2O4S. The lowest BCUT2D eigenvalue weighted by molar-refractivity contribution is -0.130. The van der Waals surface area contributed by atoms with Crippen LogP contribution in [0, 0.1) is 5.92 Å². The molecule has 170 valence electrons. The fourth-order valence-electron chi connectivity index (χ4n) is 4.34. The smallest absolute Gasteiger partial charge is 0.286 e. The number of amides is 3. The van der Waals surface area contributed by atoms with E-state index in [9.17, 15) is 14.4 Å². The minimum absolute atomic E-state index is 0.181. The number of hydrogen-bond acceptors (Lipinski definition) is 5. The van der Waals surface area contributed by atoms with Gasteiger partial charge in [-0.3, -0.25) is 19.7 Å². The topological polar surface area (TPSA) is 75.7 Å². The Morgan fingerprint density at radius 1 is 1.19 bits per heavy atom. The second kappa shape index (κ2) is 11.0. The van der Waals surface area contributed by atoms with Crippen LogP contribution in [-0.2, 0) is 16.0 Å². The predicted octanol–water partition coefficient (Wildman–Crippen LogP) is 4.56. The number of nitrogens with one attached hydrogen (secondary N) is 1. The van der Waals surface area contributed by atoms with Crippen LogP contribution >= 0.6 is 11.8 Å². The lowest BCUT2D eigenvalue weighted by atomic mass is 9.99. The lowest BCUT2D eigenvalue weighted by Gasteiger charge is -2.19. The first-order chi connectivity index (χ1) is 14.9. The van der Waals surface area contributed by atoms with Crippen LogP contribution in [0.3, 0.4) is 0 Å². The van der Waals surface area contributed by atoms with Crippen LogP contribution in [0.1, 0.15) is 63.9 Å². The number of benzene rings is 1. The van der Waals surface area contributed by atoms with Crippen molar-refractivity contribution in [3.8, 4) is 5.75 Å². The van der Waals surface area contributed by atoms with E-state index >= 15 is 0 Å². The van der Waals surface area contributed by atoms with E-state index in [1.54, 1.807) is 11.8 Å². The average Bonchev–Trinajstić information content (AvgIpc) is 3.33. The molecule has 0 radical (unpaired) electrons. The van der Waals surface area contributed by atoms with Gasteiger partial charge in [-0.1, -0.05) is 50.7 Å². The summed E-state index contributed by atoms with van der Waals surface area (Å²) < 4.78 is 5.01. The zero-order chi connectivity index (χ0) is 22.3. The number of thioether (sulfide) groups is 1. The number of rotatable bonds is 11. The van der Waals surface area contributed by atoms with Crippen LogP contribution in [-0.4, -0.2) is 46.9 Å². The summed E-state index contributed by atoms with van der Waals surface area (Å²) in [7, 11) is 1.83. The SMILES string of the molecule is CN(CCOc1ccc(CC2(C)SC(=O)NC2=O)cc1)C(=O)CCCCC1CCCC1. The first-order valence-corrected chi connectivity index (χ1v) is 12.2. The van der Waals surface area contributed by atoms with Gasteiger partial charge in [0, 0.05) is 13.5 Å². The number of ether oxygens (including phenoxy) is 1. The second-order valence-corrected chi connectivity index (χ2v) is 10.4. The standard InChI is InChI=1S/C24H34N2O4S/c1-24(22(28)25-23(29)31-24)17-19-11-13-20(14-12-19)30-16-15-26(2)21(27)10-6-5-9-18-7-3-4-8-18/h11-14,18H,3-10,15-17H2,1-2H3,(H,25,28,29). The zero-order valence-electron chi connectivity index (χ0n) is 18.7. The number of unbranched alkanes of at least 4 members (excludes halogenated alkanes) is 1. The summed E-state index contributed by atoms with van der Waals surface area (Å²) in [6, 6.07) is 7.55. The number of carbonyl (C=O) groups excluding carboxylic acids is 3. The van der Waals surface area contributed by atoms with Gasteiger partial charge in [-0.15, -0.1) is 0 Å². The molecule has 31 heavy (non-hydrogen) atoms. The third-order valence-corrected chi connectivity index (χ3v) is 7.40. The van der Waals surface area contributed by atoms with Gasteiger partial charge in [0.15, 0.2) is 0 Å². The summed E-state index contributed by atoms with van der Waals surface area (Å²) in [5.74, 6) is 1.56. The molecule has 1 heterocycles. The normalized spacial score (nSPS) is 21.4. The molecule has 1 aliphatic heterocycles. The van der Waals surface area contributed by atoms with Crippen molar-refractivity contribution >= 4 is 28.8 Å². The van der Waals surface area contributed by atoms with E-state index < -0.39 is 4.75 Å². The molecule has 1 saturated carbocycles. The van der Waals surface area contributed by atoms with E-state index in [1.807, 2.05) is 31.3 Å². The van der Waals surface area contributed by atoms with E-state index in [-0.39, 0.29) is 17.1 Å². The molecule has 3 amide bonds. The highest BCUT2D eigenvalue weighted by atomic mass is 32.2. The van der Waals surface area contributed by atoms with Gasteiger partial charge in [0.25, 0.3) is 5.24 Å². The average molecular weight is 447 g/mol. The first kappa shape index (κ1) is 23.6. The molecule has 0 aromatic heterocycles. The summed E-state index contributed by atoms with van der Waals surface area (Å²) >= 11 is 1.04. The van der Waals surface area contributed by atoms with E-state index in [2.05, 4.69) is 5.32 Å². The van der Waals surface area contributed by atoms with Gasteiger partial charge in [-0.25, -0.2) is 0 Å². The molecule has 1 saturated heterocycles. The van der Waals surface area contributed by atoms with Crippen molar-refractivity contribution in [3.05, 3.63) is 29.8 Å². The van der Waals surface area contributed by atoms with Gasteiger partial charge in [0.05, 0.1) is 6.54 Å². The summed E-state index contributed by atoms with van der Waals surface area (Å²) in [6.07, 6.45) is 10.0. The maximum absolute atomic E-state index is 12.3. The molecule has 0 bridgehead atoms. The number of likely N-dealkylation sites (N-methyl/N-ethyl adjacent to an activating group) is 1. The summed E-state index contributed by atoms with van der Waals surface area (Å²) in [4.78, 5) is 37.4. The van der Waals surface area contributed by atoms with Crippen LogP contribution in [0.4, 0.5) is 4.79 Å². The van der Waals surface area contributed by atoms with Crippen LogP contribution in [0.5, 0.6) is 5.75 Å². The van der Waals surface area contributed by atoms with Crippen molar-refractivity contribution in [2.45, 2.75) is 69.5 Å². The highest BCUT2D eigenvalue weighted by Crippen LogP contribution is 2.35. The molecular weight excluding hydrogens is 412 g/mol. The van der Waals surface area contributed by atoms with Gasteiger partial charge in [-0.05, 0) is 55.1 Å². The Bertz CT molecular complexity index is 776. The highest BCUT2D eigenvalue weighted by Gasteiger charge is 2.43. The van der Waals surface area contributed by atoms with Gasteiger partial charge < -0.3 is 9.64 Å². The Morgan fingerprint density at radius 2 is 1.90 bits per heavy atom. The Hall–Kier alpha value is -2.02. The van der Waals surface area contributed by atoms with Crippen LogP contribution in [0.2, 0.25) is 0 Å². The Labute approximate surface area is 189 Å². The minimum atomic E-state index is -0.764. The molecule has 0 spiro atoms. The molecule has 1 unspecified atom stereocenters. The van der Waals surface area contributed by atoms with Crippen molar-refractivity contribution in [1.82, 2.24) is 10.2 Å². The lowest BCUT2D eigenvalue weighted by Crippen LogP contribution is -2.35. The van der Waals surface area contributed by atoms with Crippen molar-refractivity contribution in [1.29, 1.82) is 0 Å². The van der Waals surface area contributed by atoms with Gasteiger partial charge in [0.1, 0.15) is 17.1 Å². The van der Waals surface area contributed by atoms with Crippen molar-refractivity contribution in [2.24, 2.45) is 5.92 Å². The summed E-state index contributed by atoms with van der Waals surface area (Å²) in [5.41, 5.74) is 0.970. The molecule has 3 rings (SSSR count). The fraction of sp³-hybridized carbons (Fsp3) is 0.625. The van der Waals surface area contributed by atoms with Crippen molar-refractivity contribution in [2.75, 3.05) is 20.2 Å². The Balaban J connectivity index is 1.32. The third-order valence-electron chi connectivity index (χ3n) is 6.33. The molecule has 6 nitrogen and oxygen atoms in total. The maximum atomic E-state index is 12.3. The summed E-state index contributed by atoms with van der Waals surface area (Å²) in [5, 5.41) is 2.05. The van der Waals surface area contributed by atoms with E-state index in [1.165, 1.54) is 32.1 Å². The van der Waals surface area contributed by atoms with E-state index in [0.717, 1.165) is 41.8 Å². The predicted molar refractivity (Wildman–Crippen MR) is 123 cm³/mol. The van der Waals surface area contributed by atoms with E-state index in [4.69, 9.17) is 4.74 Å². The molecule has 1 atom stereocenters. The van der Waals surface area contributed by atoms with Crippen LogP contribution in [0.25, 0.3) is 0 Å². The highest BCUT2D eigenvalue weighted by molar-refractivity contribution is 8.16. The first-order valence-electron chi connectivity index (χ1n) is 11.4. The van der Waals surface area contributed by atoms with Gasteiger partial charge in [0.2, 0.25) is 11.8 Å². The number of carbonyl (C=O) groups is 3. The van der Waals surface area contributed by atoms with Crippen molar-refractivity contribution < 1.29 is 19.1 Å². The van der Waals surface area contributed by atoms with Gasteiger partial charge in [-0.2, -0.15) is 0 Å². The molecule has 2 fully saturated rings. The maximum Gasteiger partial charge on any atom is 0.286 e. The van der Waals surface area contributed by atoms with Crippen LogP contribution < -0.4 is 10.1 Å². The molecule has 1 N–H and O–H groups in total. The van der Waals surface area contributed by atoms with E-state index in [0.29, 0.717) is 26.0 Å². The fourth-order valence-corrected chi connectivity index (χ4v) is 5.27. The summed E-state index contributed by atoms with van der Waals surface area (Å²) in [6.45, 7) is 2.78. The second-order valence-electron chi connectivity index (χ2n) is 8.96. The largest absolute Gasteiger partial charge is 0.492 e. The number of imide groups is 1. The monoisotopic (exact) mass is 446 g/mol. The number of nitrogens with zero attached hydrogens (tertiary/aromatic N) is 1. The molecule has 1 aromatic carbocycles. The molecule has 1 aliphatic carbocycles. The van der Waals surface area contributed by atoms with Crippen molar-refractivity contribution in [3.63, 3.8) is 0 Å². The Kier molecular flexibility index (Phi) is 8.41.